The zero-order chi connectivity index (χ0) is 19.5. The molecular weight excluding hydrogens is 330 g/mol. The minimum Gasteiger partial charge on any atom is -0.290 e. The Morgan fingerprint density at radius 1 is 0.926 bits per heavy atom. The molecule has 3 rings (SSSR count). The lowest BCUT2D eigenvalue weighted by Gasteiger charge is -2.57. The molecule has 0 spiro atoms. The van der Waals surface area contributed by atoms with Gasteiger partial charge in [-0.3, -0.25) is 4.84 Å². The molecule has 1 saturated heterocycles. The normalized spacial score (nSPS) is 23.1. The molecule has 2 aromatic rings. The van der Waals surface area contributed by atoms with Gasteiger partial charge in [-0.2, -0.15) is 5.06 Å². The molecule has 0 saturated carbocycles. The van der Waals surface area contributed by atoms with E-state index in [0.29, 0.717) is 5.92 Å². The first-order valence-electron chi connectivity index (χ1n) is 10.5. The van der Waals surface area contributed by atoms with Gasteiger partial charge in [-0.1, -0.05) is 74.5 Å². The molecule has 1 fully saturated rings. The molecule has 0 radical (unpaired) electrons. The summed E-state index contributed by atoms with van der Waals surface area (Å²) >= 11 is 0. The Labute approximate surface area is 165 Å². The zero-order valence-corrected chi connectivity index (χ0v) is 17.6. The quantitative estimate of drug-likeness (QED) is 0.552. The number of nitrogens with zero attached hydrogens (tertiary/aromatic N) is 1. The van der Waals surface area contributed by atoms with E-state index in [1.165, 1.54) is 11.1 Å². The Morgan fingerprint density at radius 2 is 1.48 bits per heavy atom. The molecule has 0 aliphatic carbocycles. The van der Waals surface area contributed by atoms with E-state index in [2.05, 4.69) is 100 Å². The van der Waals surface area contributed by atoms with Crippen LogP contribution >= 0.6 is 0 Å². The molecule has 1 aliphatic rings. The smallest absolute Gasteiger partial charge is 0.102 e. The zero-order valence-electron chi connectivity index (χ0n) is 17.6. The molecule has 1 aliphatic heterocycles. The van der Waals surface area contributed by atoms with Crippen LogP contribution in [0.5, 0.6) is 0 Å². The van der Waals surface area contributed by atoms with E-state index >= 15 is 0 Å². The van der Waals surface area contributed by atoms with Gasteiger partial charge in [-0.15, -0.1) is 0 Å². The van der Waals surface area contributed by atoms with Crippen LogP contribution in [0.4, 0.5) is 0 Å². The van der Waals surface area contributed by atoms with Crippen molar-refractivity contribution in [2.75, 3.05) is 0 Å². The molecule has 1 heterocycles. The number of hydrogen-bond donors (Lipinski definition) is 0. The minimum atomic E-state index is -0.0200. The van der Waals surface area contributed by atoms with Crippen LogP contribution in [0.3, 0.4) is 0 Å². The van der Waals surface area contributed by atoms with Crippen LogP contribution in [0, 0.1) is 0 Å². The number of piperidine rings is 1. The van der Waals surface area contributed by atoms with Crippen LogP contribution in [0.1, 0.15) is 83.5 Å². The lowest BCUT2D eigenvalue weighted by Crippen LogP contribution is -2.62. The molecule has 2 aromatic carbocycles. The summed E-state index contributed by atoms with van der Waals surface area (Å²) in [6, 6.07) is 21.6. The van der Waals surface area contributed by atoms with Gasteiger partial charge in [0.05, 0.1) is 0 Å². The fourth-order valence-corrected chi connectivity index (χ4v) is 4.93. The lowest BCUT2D eigenvalue weighted by molar-refractivity contribution is -0.315. The van der Waals surface area contributed by atoms with Gasteiger partial charge in [0.15, 0.2) is 0 Å². The van der Waals surface area contributed by atoms with Gasteiger partial charge in [0.2, 0.25) is 0 Å². The van der Waals surface area contributed by atoms with Gasteiger partial charge < -0.3 is 0 Å². The molecule has 2 unspecified atom stereocenters. The molecule has 0 bridgehead atoms. The summed E-state index contributed by atoms with van der Waals surface area (Å²) in [4.78, 5) is 6.71. The third kappa shape index (κ3) is 4.12. The Kier molecular flexibility index (Phi) is 6.08. The van der Waals surface area contributed by atoms with Crippen LogP contribution in [-0.4, -0.2) is 16.1 Å². The second kappa shape index (κ2) is 8.16. The largest absolute Gasteiger partial charge is 0.290 e. The van der Waals surface area contributed by atoms with Crippen LogP contribution in [0.25, 0.3) is 0 Å². The number of hydroxylamine groups is 2. The molecule has 2 nitrogen and oxygen atoms in total. The van der Waals surface area contributed by atoms with E-state index in [0.717, 1.165) is 25.7 Å². The first kappa shape index (κ1) is 20.1. The summed E-state index contributed by atoms with van der Waals surface area (Å²) in [5.74, 6) is 0.577. The highest BCUT2D eigenvalue weighted by molar-refractivity contribution is 5.23. The van der Waals surface area contributed by atoms with Crippen LogP contribution in [0.15, 0.2) is 60.7 Å². The highest BCUT2D eigenvalue weighted by Gasteiger charge is 2.50. The predicted octanol–water partition coefficient (Wildman–Crippen LogP) is 6.90. The first-order valence-corrected chi connectivity index (χ1v) is 10.5. The molecule has 0 amide bonds. The Balaban J connectivity index is 1.90. The van der Waals surface area contributed by atoms with Crippen LogP contribution < -0.4 is 0 Å². The summed E-state index contributed by atoms with van der Waals surface area (Å²) in [6.07, 6.45) is 4.50. The van der Waals surface area contributed by atoms with E-state index in [-0.39, 0.29) is 17.2 Å². The molecule has 2 atom stereocenters. The van der Waals surface area contributed by atoms with Crippen molar-refractivity contribution in [3.63, 3.8) is 0 Å². The van der Waals surface area contributed by atoms with Crippen molar-refractivity contribution in [1.82, 2.24) is 5.06 Å². The van der Waals surface area contributed by atoms with Gasteiger partial charge in [-0.25, -0.2) is 0 Å². The summed E-state index contributed by atoms with van der Waals surface area (Å²) in [5, 5.41) is 2.37. The third-order valence-electron chi connectivity index (χ3n) is 6.47. The molecular formula is C25H35NO. The van der Waals surface area contributed by atoms with Gasteiger partial charge in [-0.05, 0) is 63.5 Å². The number of benzene rings is 2. The molecule has 146 valence electrons. The van der Waals surface area contributed by atoms with E-state index < -0.39 is 0 Å². The maximum atomic E-state index is 6.71. The average molecular weight is 366 g/mol. The van der Waals surface area contributed by atoms with E-state index in [1.807, 2.05) is 0 Å². The summed E-state index contributed by atoms with van der Waals surface area (Å²) < 4.78 is 0. The fourth-order valence-electron chi connectivity index (χ4n) is 4.93. The Morgan fingerprint density at radius 3 is 2.04 bits per heavy atom. The first-order chi connectivity index (χ1) is 12.9. The molecule has 0 aromatic heterocycles. The van der Waals surface area contributed by atoms with Crippen LogP contribution in [0.2, 0.25) is 0 Å². The topological polar surface area (TPSA) is 12.5 Å². The maximum absolute atomic E-state index is 6.71. The second-order valence-electron chi connectivity index (χ2n) is 8.71. The summed E-state index contributed by atoms with van der Waals surface area (Å²) in [7, 11) is 0. The third-order valence-corrected chi connectivity index (χ3v) is 6.47. The van der Waals surface area contributed by atoms with E-state index in [9.17, 15) is 0 Å². The highest BCUT2D eigenvalue weighted by atomic mass is 16.7. The monoisotopic (exact) mass is 365 g/mol. The Hall–Kier alpha value is -1.64. The lowest BCUT2D eigenvalue weighted by atomic mass is 9.69. The van der Waals surface area contributed by atoms with Crippen molar-refractivity contribution < 1.29 is 4.84 Å². The average Bonchev–Trinajstić information content (AvgIpc) is 2.70. The molecule has 2 heteroatoms. The van der Waals surface area contributed by atoms with Crippen molar-refractivity contribution in [1.29, 1.82) is 0 Å². The SMILES string of the molecule is CCC1(CC)CC(c2ccccc2)CC(C)(C)N1OC(C)c1ccccc1. The van der Waals surface area contributed by atoms with Crippen molar-refractivity contribution in [3.8, 4) is 0 Å². The number of hydrogen-bond acceptors (Lipinski definition) is 2. The van der Waals surface area contributed by atoms with Crippen molar-refractivity contribution in [2.24, 2.45) is 0 Å². The second-order valence-corrected chi connectivity index (χ2v) is 8.71. The maximum Gasteiger partial charge on any atom is 0.102 e. The van der Waals surface area contributed by atoms with Crippen molar-refractivity contribution in [2.45, 2.75) is 83.4 Å². The highest BCUT2D eigenvalue weighted by Crippen LogP contribution is 2.49. The fraction of sp³-hybridized carbons (Fsp3) is 0.520. The number of rotatable bonds is 6. The molecule has 0 N–H and O–H groups in total. The van der Waals surface area contributed by atoms with Crippen molar-refractivity contribution in [3.05, 3.63) is 71.8 Å². The van der Waals surface area contributed by atoms with Crippen LogP contribution in [-0.2, 0) is 4.84 Å². The van der Waals surface area contributed by atoms with Gasteiger partial charge in [0.25, 0.3) is 0 Å². The van der Waals surface area contributed by atoms with Crippen molar-refractivity contribution >= 4 is 0 Å². The van der Waals surface area contributed by atoms with E-state index in [1.54, 1.807) is 0 Å². The van der Waals surface area contributed by atoms with Gasteiger partial charge in [0.1, 0.15) is 6.10 Å². The standard InChI is InChI=1S/C25H35NO/c1-6-25(7-2)19-23(22-16-12-9-13-17-22)18-24(4,5)26(25)27-20(3)21-14-10-8-11-15-21/h8-17,20,23H,6-7,18-19H2,1-5H3. The Bertz CT molecular complexity index is 706. The van der Waals surface area contributed by atoms with Gasteiger partial charge in [0, 0.05) is 11.1 Å². The molecule has 27 heavy (non-hydrogen) atoms. The van der Waals surface area contributed by atoms with Gasteiger partial charge >= 0.3 is 0 Å². The predicted molar refractivity (Wildman–Crippen MR) is 114 cm³/mol. The van der Waals surface area contributed by atoms with E-state index in [4.69, 9.17) is 4.84 Å². The summed E-state index contributed by atoms with van der Waals surface area (Å²) in [5.41, 5.74) is 2.74. The summed E-state index contributed by atoms with van der Waals surface area (Å²) in [6.45, 7) is 11.5. The minimum absolute atomic E-state index is 0.0200.